The highest BCUT2D eigenvalue weighted by Crippen LogP contribution is 2.24. The number of amidine groups is 1. The van der Waals surface area contributed by atoms with Crippen molar-refractivity contribution in [3.63, 3.8) is 0 Å². The van der Waals surface area contributed by atoms with E-state index in [0.29, 0.717) is 12.2 Å². The number of hydrogen-bond donors (Lipinski definition) is 1. The van der Waals surface area contributed by atoms with E-state index in [-0.39, 0.29) is 11.3 Å². The maximum Gasteiger partial charge on any atom is 0.156 e. The Morgan fingerprint density at radius 1 is 1.53 bits per heavy atom. The molecule has 2 heterocycles. The summed E-state index contributed by atoms with van der Waals surface area (Å²) in [6, 6.07) is 0. The van der Waals surface area contributed by atoms with Gasteiger partial charge in [-0.15, -0.1) is 0 Å². The van der Waals surface area contributed by atoms with Crippen molar-refractivity contribution in [3.8, 4) is 0 Å². The Morgan fingerprint density at radius 2 is 2.33 bits per heavy atom. The molecule has 4 nitrogen and oxygen atoms in total. The highest BCUT2D eigenvalue weighted by molar-refractivity contribution is 8.13. The van der Waals surface area contributed by atoms with E-state index in [1.54, 1.807) is 11.8 Å². The number of hydrogen-bond acceptors (Lipinski definition) is 5. The molecular formula is C9H16N2O2S2. The van der Waals surface area contributed by atoms with Gasteiger partial charge in [0.05, 0.1) is 17.0 Å². The molecule has 2 aliphatic heterocycles. The summed E-state index contributed by atoms with van der Waals surface area (Å²) in [5.74, 6) is 1.61. The van der Waals surface area contributed by atoms with Crippen LogP contribution in [0.5, 0.6) is 0 Å². The zero-order valence-corrected chi connectivity index (χ0v) is 10.5. The highest BCUT2D eigenvalue weighted by atomic mass is 32.2. The van der Waals surface area contributed by atoms with Gasteiger partial charge in [-0.05, 0) is 19.8 Å². The molecule has 15 heavy (non-hydrogen) atoms. The lowest BCUT2D eigenvalue weighted by Crippen LogP contribution is -2.46. The number of aliphatic imine (C=N–C) groups is 1. The zero-order valence-electron chi connectivity index (χ0n) is 8.82. The third-order valence-corrected chi connectivity index (χ3v) is 5.61. The van der Waals surface area contributed by atoms with Crippen LogP contribution in [0.1, 0.15) is 19.8 Å². The average Bonchev–Trinajstić information content (AvgIpc) is 2.42. The van der Waals surface area contributed by atoms with Crippen molar-refractivity contribution in [2.75, 3.05) is 23.8 Å². The summed E-state index contributed by atoms with van der Waals surface area (Å²) in [5.41, 5.74) is -0.304. The van der Waals surface area contributed by atoms with Crippen molar-refractivity contribution in [1.29, 1.82) is 0 Å². The summed E-state index contributed by atoms with van der Waals surface area (Å²) < 4.78 is 22.8. The van der Waals surface area contributed by atoms with Crippen LogP contribution in [0.4, 0.5) is 0 Å². The molecular weight excluding hydrogens is 232 g/mol. The second-order valence-corrected chi connectivity index (χ2v) is 7.68. The van der Waals surface area contributed by atoms with E-state index in [1.165, 1.54) is 0 Å². The van der Waals surface area contributed by atoms with Crippen LogP contribution in [-0.2, 0) is 9.84 Å². The highest BCUT2D eigenvalue weighted by Gasteiger charge is 2.39. The Morgan fingerprint density at radius 3 is 2.87 bits per heavy atom. The molecule has 0 radical (unpaired) electrons. The van der Waals surface area contributed by atoms with Crippen LogP contribution in [-0.4, -0.2) is 42.9 Å². The summed E-state index contributed by atoms with van der Waals surface area (Å²) in [6.07, 6.45) is 1.81. The first-order chi connectivity index (χ1) is 6.99. The molecule has 2 aliphatic rings. The minimum Gasteiger partial charge on any atom is -0.359 e. The monoisotopic (exact) mass is 248 g/mol. The molecule has 1 saturated heterocycles. The van der Waals surface area contributed by atoms with E-state index in [1.807, 2.05) is 6.92 Å². The standard InChI is InChI=1S/C9H16N2O2S2/c1-9(3-6-15(12,13)7-9)11-8-10-4-2-5-14-8/h2-7H2,1H3,(H,10,11). The maximum absolute atomic E-state index is 11.4. The van der Waals surface area contributed by atoms with E-state index >= 15 is 0 Å². The quantitative estimate of drug-likeness (QED) is 0.740. The molecule has 0 amide bonds. The number of nitrogens with one attached hydrogen (secondary N) is 1. The zero-order chi connectivity index (χ0) is 10.9. The molecule has 6 heteroatoms. The van der Waals surface area contributed by atoms with Crippen LogP contribution >= 0.6 is 11.8 Å². The van der Waals surface area contributed by atoms with Gasteiger partial charge in [0.15, 0.2) is 15.0 Å². The first-order valence-electron chi connectivity index (χ1n) is 5.15. The number of thioether (sulfide) groups is 1. The van der Waals surface area contributed by atoms with Gasteiger partial charge in [0.2, 0.25) is 0 Å². The van der Waals surface area contributed by atoms with Gasteiger partial charge in [0.25, 0.3) is 0 Å². The molecule has 0 aromatic heterocycles. The predicted molar refractivity (Wildman–Crippen MR) is 64.2 cm³/mol. The third kappa shape index (κ3) is 2.87. The van der Waals surface area contributed by atoms with Crippen LogP contribution in [0, 0.1) is 0 Å². The van der Waals surface area contributed by atoms with Crippen molar-refractivity contribution in [2.45, 2.75) is 25.3 Å². The fraction of sp³-hybridized carbons (Fsp3) is 0.889. The van der Waals surface area contributed by atoms with Crippen LogP contribution < -0.4 is 5.32 Å². The minimum atomic E-state index is -2.83. The smallest absolute Gasteiger partial charge is 0.156 e. The summed E-state index contributed by atoms with van der Waals surface area (Å²) in [6.45, 7) is 2.83. The van der Waals surface area contributed by atoms with E-state index in [0.717, 1.165) is 23.9 Å². The van der Waals surface area contributed by atoms with E-state index in [9.17, 15) is 8.42 Å². The van der Waals surface area contributed by atoms with Gasteiger partial charge in [-0.3, -0.25) is 4.99 Å². The predicted octanol–water partition coefficient (Wildman–Crippen LogP) is 0.646. The van der Waals surface area contributed by atoms with Gasteiger partial charge in [-0.2, -0.15) is 0 Å². The van der Waals surface area contributed by atoms with Crippen molar-refractivity contribution >= 4 is 26.8 Å². The van der Waals surface area contributed by atoms with Gasteiger partial charge in [0, 0.05) is 12.3 Å². The average molecular weight is 248 g/mol. The Labute approximate surface area is 94.8 Å². The maximum atomic E-state index is 11.4. The SMILES string of the molecule is CC1(NC2=NCCCS2)CCS(=O)(=O)C1. The van der Waals surface area contributed by atoms with Crippen LogP contribution in [0.25, 0.3) is 0 Å². The lowest BCUT2D eigenvalue weighted by Gasteiger charge is -2.27. The molecule has 0 saturated carbocycles. The molecule has 0 aromatic rings. The van der Waals surface area contributed by atoms with E-state index < -0.39 is 9.84 Å². The molecule has 0 aliphatic carbocycles. The first-order valence-corrected chi connectivity index (χ1v) is 7.96. The second kappa shape index (κ2) is 3.97. The van der Waals surface area contributed by atoms with Crippen molar-refractivity contribution in [3.05, 3.63) is 0 Å². The Bertz CT molecular complexity index is 378. The topological polar surface area (TPSA) is 58.5 Å². The fourth-order valence-electron chi connectivity index (χ4n) is 1.90. The van der Waals surface area contributed by atoms with Gasteiger partial charge in [-0.1, -0.05) is 11.8 Å². The molecule has 1 unspecified atom stereocenters. The van der Waals surface area contributed by atoms with Crippen molar-refractivity contribution < 1.29 is 8.42 Å². The minimum absolute atomic E-state index is 0.236. The third-order valence-electron chi connectivity index (χ3n) is 2.71. The fourth-order valence-corrected chi connectivity index (χ4v) is 4.96. The van der Waals surface area contributed by atoms with Gasteiger partial charge in [0.1, 0.15) is 0 Å². The van der Waals surface area contributed by atoms with E-state index in [4.69, 9.17) is 0 Å². The van der Waals surface area contributed by atoms with Crippen LogP contribution in [0.2, 0.25) is 0 Å². The summed E-state index contributed by atoms with van der Waals surface area (Å²) >= 11 is 1.69. The number of nitrogens with zero attached hydrogens (tertiary/aromatic N) is 1. The van der Waals surface area contributed by atoms with Crippen LogP contribution in [0.3, 0.4) is 0 Å². The summed E-state index contributed by atoms with van der Waals surface area (Å²) in [7, 11) is -2.83. The van der Waals surface area contributed by atoms with Crippen LogP contribution in [0.15, 0.2) is 4.99 Å². The Kier molecular flexibility index (Phi) is 2.98. The Balaban J connectivity index is 2.02. The largest absolute Gasteiger partial charge is 0.359 e. The molecule has 2 rings (SSSR count). The Hall–Kier alpha value is -0.230. The number of sulfone groups is 1. The molecule has 1 atom stereocenters. The molecule has 1 fully saturated rings. The van der Waals surface area contributed by atoms with Crippen molar-refractivity contribution in [2.24, 2.45) is 4.99 Å². The lowest BCUT2D eigenvalue weighted by molar-refractivity contribution is 0.474. The molecule has 1 N–H and O–H groups in total. The lowest BCUT2D eigenvalue weighted by atomic mass is 10.0. The molecule has 0 spiro atoms. The van der Waals surface area contributed by atoms with Gasteiger partial charge in [-0.25, -0.2) is 8.42 Å². The number of rotatable bonds is 1. The molecule has 0 aromatic carbocycles. The van der Waals surface area contributed by atoms with Gasteiger partial charge >= 0.3 is 0 Å². The molecule has 86 valence electrons. The van der Waals surface area contributed by atoms with E-state index in [2.05, 4.69) is 10.3 Å². The normalized spacial score (nSPS) is 34.9. The molecule has 0 bridgehead atoms. The summed E-state index contributed by atoms with van der Waals surface area (Å²) in [4.78, 5) is 4.36. The second-order valence-electron chi connectivity index (χ2n) is 4.42. The summed E-state index contributed by atoms with van der Waals surface area (Å²) in [5, 5.41) is 4.20. The first kappa shape index (κ1) is 11.3. The van der Waals surface area contributed by atoms with Crippen molar-refractivity contribution in [1.82, 2.24) is 5.32 Å². The van der Waals surface area contributed by atoms with Gasteiger partial charge < -0.3 is 5.32 Å².